The fraction of sp³-hybridized carbons (Fsp3) is 0.571. The van der Waals surface area contributed by atoms with Gasteiger partial charge in [-0.15, -0.1) is 11.8 Å². The summed E-state index contributed by atoms with van der Waals surface area (Å²) in [5.74, 6) is -19.9. The average Bonchev–Trinajstić information content (AvgIpc) is 1.64. The van der Waals surface area contributed by atoms with Crippen LogP contribution >= 0.6 is 11.8 Å². The van der Waals surface area contributed by atoms with Crippen LogP contribution in [-0.4, -0.2) is 311 Å². The van der Waals surface area contributed by atoms with E-state index in [1.807, 2.05) is 13.8 Å². The second kappa shape index (κ2) is 50.5. The first-order valence-electron chi connectivity index (χ1n) is 45.4. The number of benzene rings is 3. The van der Waals surface area contributed by atoms with E-state index >= 15 is 33.6 Å². The van der Waals surface area contributed by atoms with Gasteiger partial charge in [0, 0.05) is 94.2 Å². The van der Waals surface area contributed by atoms with Gasteiger partial charge < -0.3 is 116 Å². The van der Waals surface area contributed by atoms with E-state index in [0.29, 0.717) is 58.6 Å². The van der Waals surface area contributed by atoms with Crippen molar-refractivity contribution < 1.29 is 102 Å². The Labute approximate surface area is 781 Å². The van der Waals surface area contributed by atoms with Crippen LogP contribution < -0.4 is 70.8 Å². The Balaban J connectivity index is 1.21. The molecule has 3 saturated heterocycles. The highest BCUT2D eigenvalue weighted by atomic mass is 32.2. The zero-order valence-electron chi connectivity index (χ0n) is 77.5. The fourth-order valence-electron chi connectivity index (χ4n) is 16.9. The molecule has 0 saturated carbocycles. The lowest BCUT2D eigenvalue weighted by Crippen LogP contribution is -2.61. The number of nitrogens with two attached hydrogens (primary N) is 4. The molecule has 5 aromatic rings. The Morgan fingerprint density at radius 2 is 1.17 bits per heavy atom. The largest absolute Gasteiger partial charge is 0.508 e. The molecule has 0 unspecified atom stereocenters. The van der Waals surface area contributed by atoms with Crippen molar-refractivity contribution in [3.63, 3.8) is 0 Å². The number of primary amides is 2. The number of aliphatic carboxylic acids is 1. The van der Waals surface area contributed by atoms with Crippen molar-refractivity contribution in [1.82, 2.24) is 87.1 Å². The molecule has 0 spiro atoms. The number of H-pyrrole nitrogens is 1. The number of aromatic amines is 1. The number of aromatic nitrogens is 3. The van der Waals surface area contributed by atoms with Crippen LogP contribution in [0.5, 0.6) is 5.75 Å². The molecule has 3 aliphatic rings. The summed E-state index contributed by atoms with van der Waals surface area (Å²) in [4.78, 5) is 271. The molecule has 134 heavy (non-hydrogen) atoms. The molecule has 0 aliphatic carbocycles. The number of carboxylic acid groups (broad SMARTS) is 1. The Hall–Kier alpha value is -12.6. The number of carboxylic acids is 1. The number of phenols is 1. The van der Waals surface area contributed by atoms with Crippen LogP contribution in [0.4, 0.5) is 0 Å². The summed E-state index contributed by atoms with van der Waals surface area (Å²) in [6, 6.07) is -0.573. The third-order valence-corrected chi connectivity index (χ3v) is 25.2. The highest BCUT2D eigenvalue weighted by molar-refractivity contribution is 8.00. The number of unbranched alkanes of at least 4 members (excludes halogenated alkanes) is 2. The molecule has 15 atom stereocenters. The van der Waals surface area contributed by atoms with Crippen LogP contribution in [0.3, 0.4) is 0 Å². The first-order chi connectivity index (χ1) is 63.6. The van der Waals surface area contributed by atoms with Crippen LogP contribution in [0.25, 0.3) is 21.8 Å². The van der Waals surface area contributed by atoms with Crippen molar-refractivity contribution >= 4 is 140 Å². The van der Waals surface area contributed by atoms with Crippen molar-refractivity contribution in [2.24, 2.45) is 40.7 Å². The summed E-state index contributed by atoms with van der Waals surface area (Å²) in [5, 5.41) is 61.2. The minimum absolute atomic E-state index is 0.00234. The number of nitrogens with zero attached hydrogens (tertiary/aromatic N) is 7. The maximum absolute atomic E-state index is 15.9. The van der Waals surface area contributed by atoms with Gasteiger partial charge in [-0.05, 0) is 112 Å². The number of para-hydroxylation sites is 2. The monoisotopic (exact) mass is 1890 g/mol. The second-order valence-corrected chi connectivity index (χ2v) is 36.5. The smallest absolute Gasteiger partial charge is 0.309 e. The molecule has 42 nitrogen and oxygen atoms in total. The maximum Gasteiger partial charge on any atom is 0.309 e. The number of ketones is 1. The quantitative estimate of drug-likeness (QED) is 0.0292. The Morgan fingerprint density at radius 3 is 1.81 bits per heavy atom. The minimum Gasteiger partial charge on any atom is -0.508 e. The number of hydrogen-bond acceptors (Lipinski definition) is 24. The third kappa shape index (κ3) is 29.4. The van der Waals surface area contributed by atoms with E-state index in [1.165, 1.54) is 57.0 Å². The average molecular weight is 1890 g/mol. The number of fused-ring (bicyclic) bond motifs is 4. The van der Waals surface area contributed by atoms with Gasteiger partial charge in [-0.1, -0.05) is 116 Å². The van der Waals surface area contributed by atoms with E-state index in [-0.39, 0.29) is 101 Å². The van der Waals surface area contributed by atoms with Crippen LogP contribution in [0, 0.1) is 17.8 Å². The molecular weight excluding hydrogens is 1760 g/mol. The van der Waals surface area contributed by atoms with E-state index in [4.69, 9.17) is 22.9 Å². The number of phenolic OH excluding ortho intramolecular Hbond substituents is 1. The van der Waals surface area contributed by atoms with Gasteiger partial charge in [0.25, 0.3) is 0 Å². The molecular formula is C91H131N21O21S. The summed E-state index contributed by atoms with van der Waals surface area (Å²) >= 11 is 0.784. The zero-order valence-corrected chi connectivity index (χ0v) is 78.4. The SMILES string of the molecule is CCCC[C@H]1C(=O)N(C)[C@@H](CCCC)C(=O)N[C@@H](CC(C)C)C(=O)N[C@H](C(=O)NCC(N)=O)CSCC(=O)N[C@@H](Cc2ccc(O)cc2)C(=O)N(C)[C@@H](C)C(=O)N[C@@H](CC(N)=O)C(=O)N2CCC[C@H]2C(=O)N[C@@H](CN)C(=O)N[C@@H](CC(C)C)C(=O)N2C[C@H](O)C[C@H]2C(=O)C[C@@H](Cc2c[nH]c3ccccc23)C(=O)N[C@@H](CCN)C(=O)N[C@@H](Cn2nc(CC(=O)O)c3ccccc32)C(=O)N1C. The molecule has 0 radical (unpaired) electrons. The van der Waals surface area contributed by atoms with Crippen molar-refractivity contribution in [3.8, 4) is 5.75 Å². The van der Waals surface area contributed by atoms with Crippen molar-refractivity contribution in [2.45, 2.75) is 249 Å². The summed E-state index contributed by atoms with van der Waals surface area (Å²) in [6.07, 6.45) is -1.16. The lowest BCUT2D eigenvalue weighted by atomic mass is 9.90. The van der Waals surface area contributed by atoms with E-state index in [1.54, 1.807) is 82.4 Å². The number of Topliss-reactive ketones (excluding diaryl/α,β-unsaturated/α-hetero) is 1. The Kier molecular flexibility index (Phi) is 40.2. The Bertz CT molecular complexity index is 5050. The zero-order chi connectivity index (χ0) is 98.6. The molecule has 732 valence electrons. The molecule has 43 heteroatoms. The van der Waals surface area contributed by atoms with Gasteiger partial charge in [0.05, 0.1) is 55.0 Å². The molecule has 8 rings (SSSR count). The van der Waals surface area contributed by atoms with Gasteiger partial charge in [0.1, 0.15) is 78.3 Å². The maximum atomic E-state index is 15.9. The number of likely N-dealkylation sites (N-methyl/N-ethyl adjacent to an activating group) is 3. The minimum atomic E-state index is -1.77. The van der Waals surface area contributed by atoms with Gasteiger partial charge in [-0.3, -0.25) is 91.0 Å². The molecule has 3 aromatic carbocycles. The summed E-state index contributed by atoms with van der Waals surface area (Å²) in [7, 11) is 3.89. The van der Waals surface area contributed by atoms with Gasteiger partial charge in [-0.25, -0.2) is 0 Å². The van der Waals surface area contributed by atoms with Gasteiger partial charge >= 0.3 is 5.97 Å². The molecule has 0 bridgehead atoms. The number of amides is 16. The number of hydrogen-bond donors (Lipinski definition) is 17. The topological polar surface area (TPSA) is 630 Å². The number of carbonyl (C=O) groups is 18. The standard InChI is InChI=1S/C91H131N21O21S/c1-11-13-23-70-85(127)100-62(34-49(3)4)83(125)105-68(81(123)97-44-76(95)117)47-134-48-77(118)98-64(36-52-27-29-55(113)30-28-52)87(129)107(8)51(7)79(121)101-65(40-75(94)116)89(131)110-33-19-26-71(110)86(128)103-66(42-93)84(126)102-63(35-50(5)6)90(132)111-45-56(114)39-73(111)74(115)38-53(37-54-43-96-59-22-17-15-20-57(54)59)80(122)99-60(31-32-92)82(124)104-67(88(130)109(10)72(24-14-12-2)91(133)108(70)9)46-112-69-25-18-16-21-58(69)61(106-112)41-78(119)120/h15-18,20-22,25,27-30,43,49-51,53,56,60,62-68,70-73,96,113-114H,11-14,19,23-24,26,31-42,44-48,92-93H2,1-10H3,(H2,94,116)(H2,95,117)(H,97,123)(H,98,118)(H,99,122)(H,100,127)(H,101,121)(H,102,126)(H,103,128)(H,104,124)(H,105,125)(H,119,120)/t51-,53+,56+,60-,62-,63-,64-,65-,66-,67-,68-,70-,71-,72-,73-/m0/s1. The fourth-order valence-corrected chi connectivity index (χ4v) is 17.7. The van der Waals surface area contributed by atoms with Gasteiger partial charge in [0.2, 0.25) is 94.5 Å². The van der Waals surface area contributed by atoms with Crippen molar-refractivity contribution in [2.75, 3.05) is 65.4 Å². The number of aliphatic hydroxyl groups is 1. The number of aromatic hydroxyl groups is 1. The van der Waals surface area contributed by atoms with E-state index in [2.05, 4.69) is 57.9 Å². The molecule has 2 aromatic heterocycles. The summed E-state index contributed by atoms with van der Waals surface area (Å²) in [5.41, 5.74) is 25.6. The predicted octanol–water partition coefficient (Wildman–Crippen LogP) is -1.75. The number of nitrogens with one attached hydrogen (secondary N) is 10. The van der Waals surface area contributed by atoms with Crippen LogP contribution in [0.2, 0.25) is 0 Å². The Morgan fingerprint density at radius 1 is 0.590 bits per heavy atom. The number of aliphatic hydroxyl groups excluding tert-OH is 1. The summed E-state index contributed by atoms with van der Waals surface area (Å²) in [6.45, 7) is 9.32. The van der Waals surface area contributed by atoms with E-state index in [9.17, 15) is 68.1 Å². The highest BCUT2D eigenvalue weighted by Crippen LogP contribution is 2.30. The number of carbonyl (C=O) groups excluding carboxylic acids is 17. The lowest BCUT2D eigenvalue weighted by molar-refractivity contribution is -0.149. The van der Waals surface area contributed by atoms with Crippen LogP contribution in [0.15, 0.2) is 79.0 Å². The molecule has 5 heterocycles. The van der Waals surface area contributed by atoms with Crippen molar-refractivity contribution in [3.05, 3.63) is 95.8 Å². The number of rotatable bonds is 26. The highest BCUT2D eigenvalue weighted by Gasteiger charge is 2.47. The third-order valence-electron chi connectivity index (χ3n) is 24.2. The first-order valence-corrected chi connectivity index (χ1v) is 46.6. The number of thioether (sulfide) groups is 1. The first kappa shape index (κ1) is 107. The van der Waals surface area contributed by atoms with Crippen LogP contribution in [-0.2, 0) is 112 Å². The lowest BCUT2D eigenvalue weighted by Gasteiger charge is -2.36. The molecule has 21 N–H and O–H groups in total. The van der Waals surface area contributed by atoms with Crippen molar-refractivity contribution in [1.29, 1.82) is 0 Å². The molecule has 3 fully saturated rings. The van der Waals surface area contributed by atoms with Crippen LogP contribution in [0.1, 0.15) is 155 Å². The summed E-state index contributed by atoms with van der Waals surface area (Å²) < 4.78 is 1.32. The normalized spacial score (nSPS) is 25.0. The second-order valence-electron chi connectivity index (χ2n) is 35.4. The van der Waals surface area contributed by atoms with Gasteiger partial charge in [0.15, 0.2) is 5.78 Å². The molecule has 16 amide bonds. The van der Waals surface area contributed by atoms with E-state index in [0.717, 1.165) is 36.3 Å². The predicted molar refractivity (Wildman–Crippen MR) is 494 cm³/mol. The van der Waals surface area contributed by atoms with Gasteiger partial charge in [-0.2, -0.15) is 5.10 Å². The van der Waals surface area contributed by atoms with E-state index < -0.39 is 254 Å². The molecule has 3 aliphatic heterocycles.